The minimum Gasteiger partial charge on any atom is -0.491 e. The number of benzene rings is 1. The van der Waals surface area contributed by atoms with Crippen LogP contribution in [0, 0.1) is 22.6 Å². The van der Waals surface area contributed by atoms with E-state index in [0.717, 1.165) is 0 Å². The first-order valence-corrected chi connectivity index (χ1v) is 5.92. The lowest BCUT2D eigenvalue weighted by atomic mass is 9.90. The largest absolute Gasteiger partial charge is 0.491 e. The van der Waals surface area contributed by atoms with Crippen LogP contribution in [0.2, 0.25) is 0 Å². The lowest BCUT2D eigenvalue weighted by molar-refractivity contribution is 0.269. The van der Waals surface area contributed by atoms with Crippen LogP contribution in [0.15, 0.2) is 18.2 Å². The molecule has 4 heteroatoms. The molecule has 3 nitrogen and oxygen atoms in total. The summed E-state index contributed by atoms with van der Waals surface area (Å²) in [6.07, 6.45) is 1.40. The second kappa shape index (κ2) is 6.36. The zero-order chi connectivity index (χ0) is 13.6. The van der Waals surface area contributed by atoms with Gasteiger partial charge in [0.25, 0.3) is 0 Å². The van der Waals surface area contributed by atoms with Gasteiger partial charge in [-0.1, -0.05) is 6.07 Å². The van der Waals surface area contributed by atoms with E-state index in [-0.39, 0.29) is 17.8 Å². The third-order valence-corrected chi connectivity index (χ3v) is 2.69. The Bertz CT molecular complexity index is 438. The fraction of sp³-hybridized carbons (Fsp3) is 0.500. The van der Waals surface area contributed by atoms with E-state index in [2.05, 4.69) is 6.07 Å². The van der Waals surface area contributed by atoms with Gasteiger partial charge in [0.15, 0.2) is 11.6 Å². The van der Waals surface area contributed by atoms with Gasteiger partial charge in [0.2, 0.25) is 0 Å². The van der Waals surface area contributed by atoms with Crippen molar-refractivity contribution in [3.63, 3.8) is 0 Å². The summed E-state index contributed by atoms with van der Waals surface area (Å²) >= 11 is 0. The van der Waals surface area contributed by atoms with Gasteiger partial charge in [0.05, 0.1) is 24.7 Å². The number of aliphatic hydroxyl groups excluding tert-OH is 1. The molecule has 0 unspecified atom stereocenters. The van der Waals surface area contributed by atoms with Gasteiger partial charge >= 0.3 is 0 Å². The van der Waals surface area contributed by atoms with Crippen LogP contribution in [-0.4, -0.2) is 11.7 Å². The zero-order valence-corrected chi connectivity index (χ0v) is 10.7. The summed E-state index contributed by atoms with van der Waals surface area (Å²) in [5, 5.41) is 17.7. The molecule has 0 aliphatic rings. The smallest absolute Gasteiger partial charge is 0.165 e. The standard InChI is InChI=1S/C14H18FNO2/c1-14(2,10-16)6-3-7-18-13-5-4-11(9-17)8-12(13)15/h4-5,8,17H,3,6-7,9H2,1-2H3. The molecule has 1 N–H and O–H groups in total. The normalized spacial score (nSPS) is 11.1. The van der Waals surface area contributed by atoms with Gasteiger partial charge in [-0.25, -0.2) is 4.39 Å². The molecule has 0 saturated carbocycles. The molecule has 0 aliphatic carbocycles. The predicted molar refractivity (Wildman–Crippen MR) is 66.4 cm³/mol. The highest BCUT2D eigenvalue weighted by atomic mass is 19.1. The molecule has 0 heterocycles. The highest BCUT2D eigenvalue weighted by Crippen LogP contribution is 2.22. The van der Waals surface area contributed by atoms with Gasteiger partial charge in [-0.2, -0.15) is 5.26 Å². The Hall–Kier alpha value is -1.60. The Morgan fingerprint density at radius 1 is 1.44 bits per heavy atom. The van der Waals surface area contributed by atoms with Gasteiger partial charge in [0, 0.05) is 0 Å². The first kappa shape index (κ1) is 14.5. The number of hydrogen-bond acceptors (Lipinski definition) is 3. The van der Waals surface area contributed by atoms with Crippen LogP contribution >= 0.6 is 0 Å². The molecule has 0 amide bonds. The summed E-state index contributed by atoms with van der Waals surface area (Å²) in [7, 11) is 0. The van der Waals surface area contributed by atoms with Gasteiger partial charge in [-0.05, 0) is 44.4 Å². The number of rotatable bonds is 6. The molecule has 0 spiro atoms. The van der Waals surface area contributed by atoms with Crippen molar-refractivity contribution in [3.8, 4) is 11.8 Å². The molecule has 18 heavy (non-hydrogen) atoms. The van der Waals surface area contributed by atoms with Crippen molar-refractivity contribution >= 4 is 0 Å². The zero-order valence-electron chi connectivity index (χ0n) is 10.7. The minimum atomic E-state index is -0.471. The van der Waals surface area contributed by atoms with Crippen molar-refractivity contribution in [1.82, 2.24) is 0 Å². The van der Waals surface area contributed by atoms with Crippen molar-refractivity contribution in [3.05, 3.63) is 29.6 Å². The quantitative estimate of drug-likeness (QED) is 0.791. The molecule has 1 aromatic carbocycles. The van der Waals surface area contributed by atoms with Crippen LogP contribution in [0.5, 0.6) is 5.75 Å². The summed E-state index contributed by atoms with van der Waals surface area (Å²) in [6, 6.07) is 6.60. The van der Waals surface area contributed by atoms with Gasteiger partial charge in [-0.3, -0.25) is 0 Å². The van der Waals surface area contributed by atoms with Crippen molar-refractivity contribution in [2.24, 2.45) is 5.41 Å². The summed E-state index contributed by atoms with van der Waals surface area (Å²) in [5.41, 5.74) is 0.147. The van der Waals surface area contributed by atoms with E-state index >= 15 is 0 Å². The summed E-state index contributed by atoms with van der Waals surface area (Å²) in [5.74, 6) is -0.289. The Morgan fingerprint density at radius 3 is 2.72 bits per heavy atom. The van der Waals surface area contributed by atoms with E-state index in [1.807, 2.05) is 13.8 Å². The molecule has 0 bridgehead atoms. The average molecular weight is 251 g/mol. The Morgan fingerprint density at radius 2 is 2.17 bits per heavy atom. The number of nitriles is 1. The Kier molecular flexibility index (Phi) is 5.11. The average Bonchev–Trinajstić information content (AvgIpc) is 2.36. The van der Waals surface area contributed by atoms with E-state index < -0.39 is 5.82 Å². The van der Waals surface area contributed by atoms with Crippen molar-refractivity contribution in [2.45, 2.75) is 33.3 Å². The van der Waals surface area contributed by atoms with Crippen molar-refractivity contribution in [2.75, 3.05) is 6.61 Å². The van der Waals surface area contributed by atoms with E-state index in [4.69, 9.17) is 15.1 Å². The molecule has 1 aromatic rings. The molecule has 0 saturated heterocycles. The highest BCUT2D eigenvalue weighted by molar-refractivity contribution is 5.28. The number of nitrogens with zero attached hydrogens (tertiary/aromatic N) is 1. The molecule has 0 aliphatic heterocycles. The van der Waals surface area contributed by atoms with Crippen LogP contribution in [0.25, 0.3) is 0 Å². The molecule has 1 rings (SSSR count). The van der Waals surface area contributed by atoms with Crippen LogP contribution in [0.3, 0.4) is 0 Å². The van der Waals surface area contributed by atoms with Gasteiger partial charge in [-0.15, -0.1) is 0 Å². The molecular weight excluding hydrogens is 233 g/mol. The monoisotopic (exact) mass is 251 g/mol. The summed E-state index contributed by atoms with van der Waals surface area (Å²) in [4.78, 5) is 0. The van der Waals surface area contributed by atoms with E-state index in [1.165, 1.54) is 12.1 Å². The predicted octanol–water partition coefficient (Wildman–Crippen LogP) is 3.03. The number of hydrogen-bond donors (Lipinski definition) is 1. The van der Waals surface area contributed by atoms with Crippen molar-refractivity contribution < 1.29 is 14.2 Å². The molecule has 0 fully saturated rings. The molecule has 0 aromatic heterocycles. The van der Waals surface area contributed by atoms with Crippen molar-refractivity contribution in [1.29, 1.82) is 5.26 Å². The number of aliphatic hydroxyl groups is 1. The minimum absolute atomic E-state index is 0.182. The SMILES string of the molecule is CC(C)(C#N)CCCOc1ccc(CO)cc1F. The van der Waals surface area contributed by atoms with Crippen LogP contribution in [-0.2, 0) is 6.61 Å². The topological polar surface area (TPSA) is 53.2 Å². The Labute approximate surface area is 107 Å². The van der Waals surface area contributed by atoms with Crippen LogP contribution in [0.4, 0.5) is 4.39 Å². The van der Waals surface area contributed by atoms with Crippen LogP contribution in [0.1, 0.15) is 32.3 Å². The Balaban J connectivity index is 2.43. The first-order valence-electron chi connectivity index (χ1n) is 5.92. The molecule has 98 valence electrons. The summed E-state index contributed by atoms with van der Waals surface area (Å²) < 4.78 is 18.8. The maximum atomic E-state index is 13.5. The lowest BCUT2D eigenvalue weighted by Gasteiger charge is -2.15. The second-order valence-corrected chi connectivity index (χ2v) is 4.87. The second-order valence-electron chi connectivity index (χ2n) is 4.87. The van der Waals surface area contributed by atoms with Gasteiger partial charge in [0.1, 0.15) is 0 Å². The fourth-order valence-corrected chi connectivity index (χ4v) is 1.51. The van der Waals surface area contributed by atoms with E-state index in [9.17, 15) is 4.39 Å². The summed E-state index contributed by atoms with van der Waals surface area (Å²) in [6.45, 7) is 3.92. The maximum absolute atomic E-state index is 13.5. The third kappa shape index (κ3) is 4.34. The highest BCUT2D eigenvalue weighted by Gasteiger charge is 2.15. The van der Waals surface area contributed by atoms with Gasteiger partial charge < -0.3 is 9.84 Å². The fourth-order valence-electron chi connectivity index (χ4n) is 1.51. The van der Waals surface area contributed by atoms with E-state index in [1.54, 1.807) is 6.07 Å². The lowest BCUT2D eigenvalue weighted by Crippen LogP contribution is -2.10. The van der Waals surface area contributed by atoms with Crippen LogP contribution < -0.4 is 4.74 Å². The van der Waals surface area contributed by atoms with E-state index in [0.29, 0.717) is 25.0 Å². The first-order chi connectivity index (χ1) is 8.48. The molecule has 0 atom stereocenters. The maximum Gasteiger partial charge on any atom is 0.165 e. The number of ether oxygens (including phenoxy) is 1. The number of halogens is 1. The third-order valence-electron chi connectivity index (χ3n) is 2.69. The molecular formula is C14H18FNO2. The molecule has 0 radical (unpaired) electrons.